The number of nitrogens with zero attached hydrogens (tertiary/aromatic N) is 2. The number of para-hydroxylation sites is 2. The van der Waals surface area contributed by atoms with E-state index >= 15 is 0 Å². The smallest absolute Gasteiger partial charge is 0.260 e. The van der Waals surface area contributed by atoms with Crippen LogP contribution in [0.2, 0.25) is 0 Å². The average molecular weight is 451 g/mol. The predicted octanol–water partition coefficient (Wildman–Crippen LogP) is 6.98. The van der Waals surface area contributed by atoms with Crippen LogP contribution in [0.3, 0.4) is 0 Å². The van der Waals surface area contributed by atoms with E-state index in [1.807, 2.05) is 97.1 Å². The number of ether oxygens (including phenoxy) is 1. The molecule has 5 heteroatoms. The van der Waals surface area contributed by atoms with Crippen LogP contribution >= 0.6 is 11.3 Å². The van der Waals surface area contributed by atoms with Crippen LogP contribution in [-0.2, 0) is 6.42 Å². The number of carbonyl (C=O) groups is 1. The highest BCUT2D eigenvalue weighted by Crippen LogP contribution is 2.30. The van der Waals surface area contributed by atoms with Crippen molar-refractivity contribution >= 4 is 32.6 Å². The highest BCUT2D eigenvalue weighted by molar-refractivity contribution is 7.22. The van der Waals surface area contributed by atoms with E-state index < -0.39 is 0 Å². The fraction of sp³-hybridized carbons (Fsp3) is 0.0714. The number of thiazole rings is 1. The maximum Gasteiger partial charge on any atom is 0.260 e. The molecule has 33 heavy (non-hydrogen) atoms. The molecule has 0 aliphatic carbocycles. The summed E-state index contributed by atoms with van der Waals surface area (Å²) in [6.45, 7) is 0.547. The Labute approximate surface area is 196 Å². The minimum absolute atomic E-state index is 0.0729. The fourth-order valence-corrected chi connectivity index (χ4v) is 4.58. The molecule has 4 nitrogen and oxygen atoms in total. The third kappa shape index (κ3) is 4.94. The average Bonchev–Trinajstić information content (AvgIpc) is 3.30. The molecule has 0 fully saturated rings. The molecule has 1 aromatic heterocycles. The van der Waals surface area contributed by atoms with Gasteiger partial charge in [0.15, 0.2) is 5.13 Å². The van der Waals surface area contributed by atoms with E-state index in [9.17, 15) is 4.79 Å². The summed E-state index contributed by atoms with van der Waals surface area (Å²) in [7, 11) is 0. The van der Waals surface area contributed by atoms with E-state index in [0.717, 1.165) is 22.4 Å². The van der Waals surface area contributed by atoms with Gasteiger partial charge in [-0.3, -0.25) is 9.69 Å². The summed E-state index contributed by atoms with van der Waals surface area (Å²) in [5.74, 6) is 1.38. The Hall–Kier alpha value is -3.96. The largest absolute Gasteiger partial charge is 0.457 e. The number of hydrogen-bond donors (Lipinski definition) is 0. The first kappa shape index (κ1) is 20.9. The lowest BCUT2D eigenvalue weighted by Gasteiger charge is -2.20. The van der Waals surface area contributed by atoms with Crippen molar-refractivity contribution in [1.82, 2.24) is 4.98 Å². The Morgan fingerprint density at radius 1 is 0.758 bits per heavy atom. The molecule has 0 N–H and O–H groups in total. The minimum atomic E-state index is -0.0729. The molecule has 0 bridgehead atoms. The van der Waals surface area contributed by atoms with E-state index in [0.29, 0.717) is 23.0 Å². The Balaban J connectivity index is 1.40. The highest BCUT2D eigenvalue weighted by atomic mass is 32.1. The lowest BCUT2D eigenvalue weighted by molar-refractivity contribution is 0.0987. The Morgan fingerprint density at radius 3 is 2.12 bits per heavy atom. The Morgan fingerprint density at radius 2 is 1.39 bits per heavy atom. The number of amides is 1. The zero-order valence-corrected chi connectivity index (χ0v) is 18.7. The van der Waals surface area contributed by atoms with Gasteiger partial charge in [-0.05, 0) is 60.5 Å². The Kier molecular flexibility index (Phi) is 6.13. The number of aromatic nitrogens is 1. The van der Waals surface area contributed by atoms with E-state index in [4.69, 9.17) is 9.72 Å². The summed E-state index contributed by atoms with van der Waals surface area (Å²) in [5.41, 5.74) is 2.69. The van der Waals surface area contributed by atoms with Gasteiger partial charge in [-0.1, -0.05) is 72.0 Å². The van der Waals surface area contributed by atoms with Crippen LogP contribution in [0.15, 0.2) is 109 Å². The van der Waals surface area contributed by atoms with Gasteiger partial charge in [0.2, 0.25) is 0 Å². The highest BCUT2D eigenvalue weighted by Gasteiger charge is 2.21. The lowest BCUT2D eigenvalue weighted by atomic mass is 10.1. The van der Waals surface area contributed by atoms with E-state index in [1.54, 1.807) is 4.90 Å². The zero-order valence-electron chi connectivity index (χ0n) is 17.9. The standard InChI is InChI=1S/C28H22N2O2S/c31-27(22-15-17-24(18-16-22)32-23-11-5-2-6-12-23)30(20-19-21-9-3-1-4-10-21)28-29-25-13-7-8-14-26(25)33-28/h1-18H,19-20H2. The van der Waals surface area contributed by atoms with Crippen LogP contribution < -0.4 is 9.64 Å². The minimum Gasteiger partial charge on any atom is -0.457 e. The van der Waals surface area contributed by atoms with Gasteiger partial charge in [0.25, 0.3) is 5.91 Å². The fourth-order valence-electron chi connectivity index (χ4n) is 3.59. The van der Waals surface area contributed by atoms with Gasteiger partial charge in [0.05, 0.1) is 10.2 Å². The molecule has 0 aliphatic heterocycles. The number of fused-ring (bicyclic) bond motifs is 1. The van der Waals surface area contributed by atoms with E-state index in [2.05, 4.69) is 12.1 Å². The maximum absolute atomic E-state index is 13.6. The van der Waals surface area contributed by atoms with E-state index in [1.165, 1.54) is 16.9 Å². The second-order valence-electron chi connectivity index (χ2n) is 7.60. The number of hydrogen-bond acceptors (Lipinski definition) is 4. The van der Waals surface area contributed by atoms with Gasteiger partial charge in [-0.15, -0.1) is 0 Å². The van der Waals surface area contributed by atoms with Crippen molar-refractivity contribution in [1.29, 1.82) is 0 Å². The first-order chi connectivity index (χ1) is 16.3. The molecule has 162 valence electrons. The zero-order chi connectivity index (χ0) is 22.5. The quantitative estimate of drug-likeness (QED) is 0.269. The van der Waals surface area contributed by atoms with Gasteiger partial charge in [0, 0.05) is 12.1 Å². The topological polar surface area (TPSA) is 42.4 Å². The van der Waals surface area contributed by atoms with Crippen molar-refractivity contribution in [2.24, 2.45) is 0 Å². The second-order valence-corrected chi connectivity index (χ2v) is 8.61. The molecule has 0 spiro atoms. The van der Waals surface area contributed by atoms with E-state index in [-0.39, 0.29) is 5.91 Å². The number of carbonyl (C=O) groups excluding carboxylic acids is 1. The molecular formula is C28H22N2O2S. The van der Waals surface area contributed by atoms with Crippen LogP contribution in [0.1, 0.15) is 15.9 Å². The third-order valence-corrected chi connectivity index (χ3v) is 6.37. The molecule has 4 aromatic carbocycles. The molecule has 0 atom stereocenters. The van der Waals surface area contributed by atoms with Crippen LogP contribution in [0.4, 0.5) is 5.13 Å². The number of anilines is 1. The molecule has 0 saturated carbocycles. The van der Waals surface area contributed by atoms with Crippen molar-refractivity contribution in [2.45, 2.75) is 6.42 Å². The molecule has 5 rings (SSSR count). The van der Waals surface area contributed by atoms with Gasteiger partial charge < -0.3 is 4.74 Å². The molecule has 0 aliphatic rings. The normalized spacial score (nSPS) is 10.8. The molecule has 1 amide bonds. The van der Waals surface area contributed by atoms with Crippen molar-refractivity contribution in [3.05, 3.63) is 120 Å². The first-order valence-electron chi connectivity index (χ1n) is 10.8. The van der Waals surface area contributed by atoms with Crippen molar-refractivity contribution in [3.8, 4) is 11.5 Å². The summed E-state index contributed by atoms with van der Waals surface area (Å²) in [4.78, 5) is 20.1. The monoisotopic (exact) mass is 450 g/mol. The SMILES string of the molecule is O=C(c1ccc(Oc2ccccc2)cc1)N(CCc1ccccc1)c1nc2ccccc2s1. The molecule has 5 aromatic rings. The molecule has 1 heterocycles. The van der Waals surface area contributed by atoms with Crippen LogP contribution in [0.5, 0.6) is 11.5 Å². The molecule has 0 radical (unpaired) electrons. The van der Waals surface area contributed by atoms with Crippen molar-refractivity contribution in [3.63, 3.8) is 0 Å². The summed E-state index contributed by atoms with van der Waals surface area (Å²) < 4.78 is 6.93. The van der Waals surface area contributed by atoms with Gasteiger partial charge in [-0.25, -0.2) is 4.98 Å². The number of rotatable bonds is 7. The summed E-state index contributed by atoms with van der Waals surface area (Å²) in [6.07, 6.45) is 0.748. The van der Waals surface area contributed by atoms with Gasteiger partial charge in [-0.2, -0.15) is 0 Å². The Bertz CT molecular complexity index is 1320. The number of benzene rings is 4. The maximum atomic E-state index is 13.6. The van der Waals surface area contributed by atoms with Gasteiger partial charge >= 0.3 is 0 Å². The second kappa shape index (κ2) is 9.67. The van der Waals surface area contributed by atoms with Crippen molar-refractivity contribution in [2.75, 3.05) is 11.4 Å². The van der Waals surface area contributed by atoms with Crippen LogP contribution in [0.25, 0.3) is 10.2 Å². The van der Waals surface area contributed by atoms with Gasteiger partial charge in [0.1, 0.15) is 11.5 Å². The van der Waals surface area contributed by atoms with Crippen LogP contribution in [-0.4, -0.2) is 17.4 Å². The summed E-state index contributed by atoms with van der Waals surface area (Å²) in [6, 6.07) is 35.0. The molecule has 0 unspecified atom stereocenters. The molecular weight excluding hydrogens is 428 g/mol. The van der Waals surface area contributed by atoms with Crippen molar-refractivity contribution < 1.29 is 9.53 Å². The predicted molar refractivity (Wildman–Crippen MR) is 134 cm³/mol. The van der Waals surface area contributed by atoms with Crippen LogP contribution in [0, 0.1) is 0 Å². The third-order valence-electron chi connectivity index (χ3n) is 5.31. The summed E-state index contributed by atoms with van der Waals surface area (Å²) in [5, 5.41) is 0.710. The first-order valence-corrected chi connectivity index (χ1v) is 11.6. The summed E-state index contributed by atoms with van der Waals surface area (Å²) >= 11 is 1.54. The lowest BCUT2D eigenvalue weighted by Crippen LogP contribution is -2.32. The molecule has 0 saturated heterocycles.